The molecule has 0 aliphatic rings. The Morgan fingerprint density at radius 2 is 1.78 bits per heavy atom. The molecule has 0 fully saturated rings. The molecule has 2 aromatic rings. The van der Waals surface area contributed by atoms with E-state index in [1.54, 1.807) is 12.1 Å². The molecular formula is C12H8BrFO3S. The minimum absolute atomic E-state index is 0.161. The van der Waals surface area contributed by atoms with E-state index in [2.05, 4.69) is 15.9 Å². The highest BCUT2D eigenvalue weighted by Crippen LogP contribution is 2.22. The Morgan fingerprint density at radius 3 is 2.44 bits per heavy atom. The van der Waals surface area contributed by atoms with Crippen molar-refractivity contribution in [2.75, 3.05) is 0 Å². The van der Waals surface area contributed by atoms with E-state index in [-0.39, 0.29) is 10.6 Å². The summed E-state index contributed by atoms with van der Waals surface area (Å²) in [6, 6.07) is 11.1. The monoisotopic (exact) mass is 330 g/mol. The van der Waals surface area contributed by atoms with Crippen molar-refractivity contribution in [3.05, 3.63) is 58.8 Å². The fourth-order valence-electron chi connectivity index (χ4n) is 1.32. The Kier molecular flexibility index (Phi) is 3.68. The first-order valence-electron chi connectivity index (χ1n) is 4.93. The summed E-state index contributed by atoms with van der Waals surface area (Å²) in [4.78, 5) is -0.220. The average molecular weight is 331 g/mol. The predicted molar refractivity (Wildman–Crippen MR) is 68.4 cm³/mol. The molecule has 0 saturated carbocycles. The van der Waals surface area contributed by atoms with Crippen LogP contribution in [-0.4, -0.2) is 8.42 Å². The van der Waals surface area contributed by atoms with E-state index in [0.29, 0.717) is 4.47 Å². The third kappa shape index (κ3) is 3.08. The van der Waals surface area contributed by atoms with Gasteiger partial charge in [0.2, 0.25) is 0 Å². The minimum atomic E-state index is -4.01. The van der Waals surface area contributed by atoms with Crippen molar-refractivity contribution in [2.45, 2.75) is 4.90 Å². The molecule has 0 aliphatic carbocycles. The van der Waals surface area contributed by atoms with Gasteiger partial charge in [-0.05, 0) is 36.4 Å². The van der Waals surface area contributed by atoms with Crippen molar-refractivity contribution < 1.29 is 17.0 Å². The minimum Gasteiger partial charge on any atom is -0.379 e. The van der Waals surface area contributed by atoms with Gasteiger partial charge in [0, 0.05) is 4.47 Å². The zero-order chi connectivity index (χ0) is 13.2. The number of hydrogen-bond acceptors (Lipinski definition) is 3. The molecule has 94 valence electrons. The highest BCUT2D eigenvalue weighted by Gasteiger charge is 2.17. The smallest absolute Gasteiger partial charge is 0.339 e. The van der Waals surface area contributed by atoms with Gasteiger partial charge < -0.3 is 4.18 Å². The molecule has 0 heterocycles. The highest BCUT2D eigenvalue weighted by atomic mass is 79.9. The van der Waals surface area contributed by atoms with Crippen LogP contribution in [0.2, 0.25) is 0 Å². The molecule has 0 bridgehead atoms. The van der Waals surface area contributed by atoms with E-state index in [0.717, 1.165) is 12.1 Å². The van der Waals surface area contributed by atoms with Crippen molar-refractivity contribution in [2.24, 2.45) is 0 Å². The molecule has 0 aromatic heterocycles. The second-order valence-corrected chi connectivity index (χ2v) is 5.91. The van der Waals surface area contributed by atoms with Crippen LogP contribution >= 0.6 is 15.9 Å². The lowest BCUT2D eigenvalue weighted by atomic mass is 10.3. The van der Waals surface area contributed by atoms with Crippen molar-refractivity contribution in [3.8, 4) is 5.75 Å². The lowest BCUT2D eigenvalue weighted by molar-refractivity contribution is 0.484. The predicted octanol–water partition coefficient (Wildman–Crippen LogP) is 3.36. The van der Waals surface area contributed by atoms with Gasteiger partial charge in [-0.15, -0.1) is 0 Å². The molecule has 0 atom stereocenters. The Morgan fingerprint density at radius 1 is 1.06 bits per heavy atom. The standard InChI is InChI=1S/C12H8BrFO3S/c13-9-3-1-5-11(7-9)17-18(15,16)12-6-2-4-10(14)8-12/h1-8H. The first-order chi connectivity index (χ1) is 8.47. The molecule has 0 spiro atoms. The number of benzene rings is 2. The maximum Gasteiger partial charge on any atom is 0.339 e. The molecule has 0 saturated heterocycles. The molecule has 0 radical (unpaired) electrons. The van der Waals surface area contributed by atoms with Crippen LogP contribution in [-0.2, 0) is 10.1 Å². The summed E-state index contributed by atoms with van der Waals surface area (Å²) in [5.41, 5.74) is 0. The first kappa shape index (κ1) is 13.0. The summed E-state index contributed by atoms with van der Waals surface area (Å²) in [6.45, 7) is 0. The molecule has 0 amide bonds. The molecule has 0 N–H and O–H groups in total. The van der Waals surface area contributed by atoms with Crippen LogP contribution in [0.5, 0.6) is 5.75 Å². The Hall–Kier alpha value is -1.40. The van der Waals surface area contributed by atoms with Crippen LogP contribution in [0.1, 0.15) is 0 Å². The molecule has 0 aliphatic heterocycles. The van der Waals surface area contributed by atoms with Gasteiger partial charge in [-0.1, -0.05) is 28.1 Å². The highest BCUT2D eigenvalue weighted by molar-refractivity contribution is 9.10. The first-order valence-corrected chi connectivity index (χ1v) is 7.13. The fourth-order valence-corrected chi connectivity index (χ4v) is 2.65. The van der Waals surface area contributed by atoms with Gasteiger partial charge in [0.15, 0.2) is 0 Å². The SMILES string of the molecule is O=S(=O)(Oc1cccc(Br)c1)c1cccc(F)c1. The summed E-state index contributed by atoms with van der Waals surface area (Å²) in [5.74, 6) is -0.470. The third-order valence-electron chi connectivity index (χ3n) is 2.09. The van der Waals surface area contributed by atoms with Gasteiger partial charge in [0.25, 0.3) is 0 Å². The van der Waals surface area contributed by atoms with Crippen molar-refractivity contribution in [1.29, 1.82) is 0 Å². The van der Waals surface area contributed by atoms with E-state index < -0.39 is 15.9 Å². The van der Waals surface area contributed by atoms with E-state index in [9.17, 15) is 12.8 Å². The third-order valence-corrected chi connectivity index (χ3v) is 3.82. The van der Waals surface area contributed by atoms with Crippen LogP contribution in [0, 0.1) is 5.82 Å². The van der Waals surface area contributed by atoms with Gasteiger partial charge in [0.1, 0.15) is 16.5 Å². The Bertz CT molecular complexity index is 671. The topological polar surface area (TPSA) is 43.4 Å². The zero-order valence-electron chi connectivity index (χ0n) is 9.01. The summed E-state index contributed by atoms with van der Waals surface area (Å²) < 4.78 is 42.3. The summed E-state index contributed by atoms with van der Waals surface area (Å²) >= 11 is 3.20. The zero-order valence-corrected chi connectivity index (χ0v) is 11.4. The largest absolute Gasteiger partial charge is 0.379 e. The van der Waals surface area contributed by atoms with E-state index in [4.69, 9.17) is 4.18 Å². The summed E-state index contributed by atoms with van der Waals surface area (Å²) in [6.07, 6.45) is 0. The van der Waals surface area contributed by atoms with Crippen molar-refractivity contribution in [1.82, 2.24) is 0 Å². The van der Waals surface area contributed by atoms with E-state index in [1.165, 1.54) is 24.3 Å². The second kappa shape index (κ2) is 5.07. The van der Waals surface area contributed by atoms with Crippen LogP contribution in [0.3, 0.4) is 0 Å². The van der Waals surface area contributed by atoms with Gasteiger partial charge in [-0.3, -0.25) is 0 Å². The number of hydrogen-bond donors (Lipinski definition) is 0. The fraction of sp³-hybridized carbons (Fsp3) is 0. The maximum absolute atomic E-state index is 13.0. The van der Waals surface area contributed by atoms with E-state index in [1.807, 2.05) is 0 Å². The quantitative estimate of drug-likeness (QED) is 0.810. The van der Waals surface area contributed by atoms with Gasteiger partial charge in [-0.25, -0.2) is 4.39 Å². The lowest BCUT2D eigenvalue weighted by Crippen LogP contribution is -2.09. The lowest BCUT2D eigenvalue weighted by Gasteiger charge is -2.07. The Labute approximate surface area is 112 Å². The van der Waals surface area contributed by atoms with Gasteiger partial charge in [-0.2, -0.15) is 8.42 Å². The van der Waals surface area contributed by atoms with Crippen LogP contribution in [0.4, 0.5) is 4.39 Å². The summed E-state index contributed by atoms with van der Waals surface area (Å²) in [7, 11) is -4.01. The molecule has 0 unspecified atom stereocenters. The molecule has 6 heteroatoms. The molecule has 2 rings (SSSR count). The van der Waals surface area contributed by atoms with Gasteiger partial charge >= 0.3 is 10.1 Å². The summed E-state index contributed by atoms with van der Waals surface area (Å²) in [5, 5.41) is 0. The average Bonchev–Trinajstić information content (AvgIpc) is 2.28. The molecule has 18 heavy (non-hydrogen) atoms. The maximum atomic E-state index is 13.0. The number of halogens is 2. The van der Waals surface area contributed by atoms with E-state index >= 15 is 0 Å². The van der Waals surface area contributed by atoms with Crippen LogP contribution in [0.15, 0.2) is 57.9 Å². The molecular weight excluding hydrogens is 323 g/mol. The Balaban J connectivity index is 2.33. The van der Waals surface area contributed by atoms with Crippen molar-refractivity contribution in [3.63, 3.8) is 0 Å². The normalized spacial score (nSPS) is 11.2. The molecule has 2 aromatic carbocycles. The second-order valence-electron chi connectivity index (χ2n) is 3.45. The molecule has 3 nitrogen and oxygen atoms in total. The van der Waals surface area contributed by atoms with Crippen molar-refractivity contribution >= 4 is 26.0 Å². The number of rotatable bonds is 3. The van der Waals surface area contributed by atoms with Crippen LogP contribution in [0.25, 0.3) is 0 Å². The van der Waals surface area contributed by atoms with Crippen LogP contribution < -0.4 is 4.18 Å². The van der Waals surface area contributed by atoms with Gasteiger partial charge in [0.05, 0.1) is 0 Å².